The number of hydrogen-bond donors (Lipinski definition) is 3. The number of allylic oxidation sites excluding steroid dienone is 22. The molecule has 0 amide bonds. The highest BCUT2D eigenvalue weighted by Crippen LogP contribution is 2.45. The molecular weight excluding hydrogens is 1350 g/mol. The zero-order valence-electron chi connectivity index (χ0n) is 65.2. The number of phosphoric acid groups is 2. The van der Waals surface area contributed by atoms with Gasteiger partial charge in [-0.1, -0.05) is 296 Å². The van der Waals surface area contributed by atoms with Crippen molar-refractivity contribution in [1.82, 2.24) is 0 Å². The van der Waals surface area contributed by atoms with Gasteiger partial charge in [0.2, 0.25) is 0 Å². The second-order valence-corrected chi connectivity index (χ2v) is 29.5. The average molecular weight is 1500 g/mol. The molecule has 0 bridgehead atoms. The zero-order chi connectivity index (χ0) is 76.0. The van der Waals surface area contributed by atoms with E-state index in [0.717, 1.165) is 141 Å². The third-order valence-electron chi connectivity index (χ3n) is 16.6. The van der Waals surface area contributed by atoms with E-state index in [9.17, 15) is 43.2 Å². The topological polar surface area (TPSA) is 237 Å². The van der Waals surface area contributed by atoms with Crippen molar-refractivity contribution in [1.29, 1.82) is 0 Å². The lowest BCUT2D eigenvalue weighted by Crippen LogP contribution is -2.30. The average Bonchev–Trinajstić information content (AvgIpc) is 0.913. The first-order valence-corrected chi connectivity index (χ1v) is 43.4. The fourth-order valence-corrected chi connectivity index (χ4v) is 12.0. The van der Waals surface area contributed by atoms with Crippen molar-refractivity contribution in [2.24, 2.45) is 0 Å². The second-order valence-electron chi connectivity index (χ2n) is 26.6. The minimum atomic E-state index is -5.00. The molecule has 0 saturated heterocycles. The van der Waals surface area contributed by atoms with Gasteiger partial charge in [0.25, 0.3) is 0 Å². The summed E-state index contributed by atoms with van der Waals surface area (Å²) in [7, 11) is -9.99. The minimum absolute atomic E-state index is 0.0370. The number of phosphoric ester groups is 2. The summed E-state index contributed by atoms with van der Waals surface area (Å²) in [5, 5.41) is 10.6. The van der Waals surface area contributed by atoms with Gasteiger partial charge in [0.1, 0.15) is 19.3 Å². The Hall–Kier alpha value is -4.80. The molecule has 3 N–H and O–H groups in total. The number of aliphatic hydroxyl groups excluding tert-OH is 1. The van der Waals surface area contributed by atoms with E-state index in [1.807, 2.05) is 12.2 Å². The lowest BCUT2D eigenvalue weighted by atomic mass is 10.0. The van der Waals surface area contributed by atoms with Crippen molar-refractivity contribution < 1.29 is 80.2 Å². The van der Waals surface area contributed by atoms with Crippen LogP contribution in [-0.2, 0) is 65.4 Å². The van der Waals surface area contributed by atoms with E-state index in [0.29, 0.717) is 32.1 Å². The molecule has 0 aromatic heterocycles. The molecule has 2 unspecified atom stereocenters. The van der Waals surface area contributed by atoms with E-state index in [2.05, 4.69) is 149 Å². The van der Waals surface area contributed by atoms with Gasteiger partial charge in [-0.2, -0.15) is 0 Å². The SMILES string of the molecule is CC/C=C\C/C=C\C/C=C\C/C=C\C/C=C\CCCCCC(=O)OC[C@H](COP(=O)(O)OC[C@@H](O)COP(=O)(O)OC[C@@H](COC(=O)CC/C=C\C/C=C\C/C=C\C/C=C\C/C=C\CCCCC)OC(=O)CCCCCCCCCCCCCCC)OC(=O)CCCCCCC/C=C\CCCCCC. The van der Waals surface area contributed by atoms with Crippen LogP contribution in [0.1, 0.15) is 323 Å². The molecular formula is C85H144O17P2. The molecule has 0 aliphatic heterocycles. The maximum absolute atomic E-state index is 13.1. The first kappa shape index (κ1) is 99.2. The highest BCUT2D eigenvalue weighted by molar-refractivity contribution is 7.47. The van der Waals surface area contributed by atoms with Crippen molar-refractivity contribution in [2.75, 3.05) is 39.6 Å². The third kappa shape index (κ3) is 75.4. The normalized spacial score (nSPS) is 14.6. The number of carbonyl (C=O) groups excluding carboxylic acids is 4. The summed E-state index contributed by atoms with van der Waals surface area (Å²) in [5.41, 5.74) is 0. The van der Waals surface area contributed by atoms with Gasteiger partial charge in [0, 0.05) is 25.7 Å². The number of unbranched alkanes of at least 4 members (excludes halogenated alkanes) is 27. The minimum Gasteiger partial charge on any atom is -0.462 e. The van der Waals surface area contributed by atoms with Crippen LogP contribution in [0.5, 0.6) is 0 Å². The molecule has 19 heteroatoms. The fourth-order valence-electron chi connectivity index (χ4n) is 10.5. The first-order chi connectivity index (χ1) is 50.7. The Kier molecular flexibility index (Phi) is 72.9. The molecule has 17 nitrogen and oxygen atoms in total. The van der Waals surface area contributed by atoms with E-state index in [1.54, 1.807) is 0 Å². The van der Waals surface area contributed by atoms with Gasteiger partial charge in [0.15, 0.2) is 12.2 Å². The Morgan fingerprint density at radius 3 is 0.875 bits per heavy atom. The number of hydrogen-bond acceptors (Lipinski definition) is 15. The number of ether oxygens (including phenoxy) is 4. The van der Waals surface area contributed by atoms with Crippen LogP contribution in [0.2, 0.25) is 0 Å². The molecule has 104 heavy (non-hydrogen) atoms. The smallest absolute Gasteiger partial charge is 0.462 e. The fraction of sp³-hybridized carbons (Fsp3) is 0.694. The Bertz CT molecular complexity index is 2490. The standard InChI is InChI=1S/C85H144O17P2/c1-5-9-13-17-21-25-29-33-35-37-39-41-43-47-49-53-57-61-65-69-82(87)95-75-80(101-84(89)71-67-63-59-55-51-45-31-27-23-19-15-11-7-3)77-99-103(91,92)97-73-79(86)74-98-104(93,94)100-78-81(102-85(90)72-68-64-60-56-52-46-32-28-24-20-16-12-8-4)76-96-83(88)70-66-62-58-54-50-48-44-42-40-38-36-34-30-26-22-18-14-10-6-2/h9,13,21-22,25-27,31,33-36,39-42,47-50,58,62,79-81,86H,5-8,10-12,14-20,23-24,28-30,32,37-38,43-46,51-57,59-61,63-78H2,1-4H3,(H,91,92)(H,93,94)/b13-9-,25-21-,26-22-,31-27-,35-33-,36-34-,41-39-,42-40-,49-47-,50-48-,62-58-/t79-,80-,81-/m1/s1. The van der Waals surface area contributed by atoms with Gasteiger partial charge in [-0.15, -0.1) is 0 Å². The van der Waals surface area contributed by atoms with Crippen LogP contribution in [0.3, 0.4) is 0 Å². The second kappa shape index (κ2) is 76.4. The predicted octanol–water partition coefficient (Wildman–Crippen LogP) is 23.7. The van der Waals surface area contributed by atoms with Gasteiger partial charge in [-0.3, -0.25) is 37.3 Å². The molecule has 0 spiro atoms. The largest absolute Gasteiger partial charge is 0.472 e. The van der Waals surface area contributed by atoms with E-state index in [-0.39, 0.29) is 25.7 Å². The van der Waals surface area contributed by atoms with E-state index in [4.69, 9.17) is 37.0 Å². The van der Waals surface area contributed by atoms with Crippen LogP contribution < -0.4 is 0 Å². The summed E-state index contributed by atoms with van der Waals surface area (Å²) < 4.78 is 68.5. The highest BCUT2D eigenvalue weighted by Gasteiger charge is 2.30. The molecule has 0 aromatic carbocycles. The molecule has 0 saturated carbocycles. The molecule has 0 heterocycles. The van der Waals surface area contributed by atoms with Crippen LogP contribution in [0.4, 0.5) is 0 Å². The number of aliphatic hydroxyl groups is 1. The summed E-state index contributed by atoms with van der Waals surface area (Å²) in [5.74, 6) is -2.31. The quantitative estimate of drug-likeness (QED) is 0.0169. The highest BCUT2D eigenvalue weighted by atomic mass is 31.2. The number of esters is 4. The van der Waals surface area contributed by atoms with Crippen LogP contribution in [0.25, 0.3) is 0 Å². The Morgan fingerprint density at radius 1 is 0.279 bits per heavy atom. The lowest BCUT2D eigenvalue weighted by Gasteiger charge is -2.21. The lowest BCUT2D eigenvalue weighted by molar-refractivity contribution is -0.161. The van der Waals surface area contributed by atoms with E-state index in [1.165, 1.54) is 96.3 Å². The van der Waals surface area contributed by atoms with Crippen LogP contribution >= 0.6 is 15.6 Å². The molecule has 0 aromatic rings. The van der Waals surface area contributed by atoms with Crippen molar-refractivity contribution >= 4 is 39.5 Å². The summed E-state index contributed by atoms with van der Waals surface area (Å²) >= 11 is 0. The van der Waals surface area contributed by atoms with Crippen molar-refractivity contribution in [3.05, 3.63) is 134 Å². The van der Waals surface area contributed by atoms with Crippen LogP contribution in [-0.4, -0.2) is 96.7 Å². The first-order valence-electron chi connectivity index (χ1n) is 40.4. The summed E-state index contributed by atoms with van der Waals surface area (Å²) in [6, 6.07) is 0. The Morgan fingerprint density at radius 2 is 0.519 bits per heavy atom. The summed E-state index contributed by atoms with van der Waals surface area (Å²) in [6.07, 6.45) is 85.9. The van der Waals surface area contributed by atoms with Crippen LogP contribution in [0.15, 0.2) is 134 Å². The predicted molar refractivity (Wildman–Crippen MR) is 427 cm³/mol. The maximum atomic E-state index is 13.1. The van der Waals surface area contributed by atoms with Gasteiger partial charge >= 0.3 is 39.5 Å². The van der Waals surface area contributed by atoms with Crippen LogP contribution in [0, 0.1) is 0 Å². The number of rotatable bonds is 75. The summed E-state index contributed by atoms with van der Waals surface area (Å²) in [6.45, 7) is 4.60. The van der Waals surface area contributed by atoms with Crippen molar-refractivity contribution in [3.63, 3.8) is 0 Å². The molecule has 0 radical (unpaired) electrons. The van der Waals surface area contributed by atoms with E-state index < -0.39 is 97.5 Å². The third-order valence-corrected chi connectivity index (χ3v) is 18.5. The summed E-state index contributed by atoms with van der Waals surface area (Å²) in [4.78, 5) is 73.0. The molecule has 5 atom stereocenters. The Labute approximate surface area is 631 Å². The Balaban J connectivity index is 5.42. The molecule has 0 aliphatic rings. The van der Waals surface area contributed by atoms with E-state index >= 15 is 0 Å². The van der Waals surface area contributed by atoms with Gasteiger partial charge in [0.05, 0.1) is 26.4 Å². The zero-order valence-corrected chi connectivity index (χ0v) is 66.9. The van der Waals surface area contributed by atoms with Crippen molar-refractivity contribution in [2.45, 2.75) is 341 Å². The van der Waals surface area contributed by atoms with Crippen molar-refractivity contribution in [3.8, 4) is 0 Å². The molecule has 596 valence electrons. The molecule has 0 fully saturated rings. The molecule has 0 aliphatic carbocycles. The maximum Gasteiger partial charge on any atom is 0.472 e. The van der Waals surface area contributed by atoms with Gasteiger partial charge < -0.3 is 33.8 Å². The van der Waals surface area contributed by atoms with Gasteiger partial charge in [-0.25, -0.2) is 9.13 Å². The number of carbonyl (C=O) groups is 4. The molecule has 0 rings (SSSR count). The monoisotopic (exact) mass is 1500 g/mol. The van der Waals surface area contributed by atoms with Gasteiger partial charge in [-0.05, 0) is 135 Å².